The van der Waals surface area contributed by atoms with E-state index in [1.165, 1.54) is 0 Å². The van der Waals surface area contributed by atoms with Gasteiger partial charge in [-0.15, -0.1) is 0 Å². The van der Waals surface area contributed by atoms with E-state index in [0.29, 0.717) is 0 Å². The Bertz CT molecular complexity index is 2580. The van der Waals surface area contributed by atoms with Crippen molar-refractivity contribution in [1.82, 2.24) is 0 Å². The molecular weight excluding hydrogens is 689 g/mol. The first-order chi connectivity index (χ1) is 27.5. The van der Waals surface area contributed by atoms with Gasteiger partial charge in [0.05, 0.1) is 28.4 Å². The molecular formula is C52H34O4. The van der Waals surface area contributed by atoms with E-state index in [0.717, 1.165) is 99.8 Å². The van der Waals surface area contributed by atoms with Gasteiger partial charge in [0.25, 0.3) is 0 Å². The molecule has 0 atom stereocenters. The van der Waals surface area contributed by atoms with Crippen molar-refractivity contribution in [1.29, 1.82) is 0 Å². The molecule has 0 N–H and O–H groups in total. The average Bonchev–Trinajstić information content (AvgIpc) is 3.26. The van der Waals surface area contributed by atoms with Gasteiger partial charge in [0.1, 0.15) is 23.0 Å². The van der Waals surface area contributed by atoms with E-state index in [1.54, 1.807) is 28.4 Å². The molecule has 0 unspecified atom stereocenters. The van der Waals surface area contributed by atoms with Crippen molar-refractivity contribution in [2.75, 3.05) is 28.4 Å². The Balaban J connectivity index is 1.38. The van der Waals surface area contributed by atoms with Crippen LogP contribution in [0.1, 0.15) is 44.5 Å². The quantitative estimate of drug-likeness (QED) is 0.134. The smallest absolute Gasteiger partial charge is 0.118 e. The molecule has 0 saturated heterocycles. The highest BCUT2D eigenvalue weighted by atomic mass is 16.5. The second kappa shape index (κ2) is 15.7. The molecule has 0 bridgehead atoms. The molecule has 8 aromatic carbocycles. The average molecular weight is 723 g/mol. The minimum Gasteiger partial charge on any atom is -0.497 e. The summed E-state index contributed by atoms with van der Waals surface area (Å²) in [5, 5.41) is 6.26. The molecule has 0 spiro atoms. The molecule has 4 heteroatoms. The first-order valence-electron chi connectivity index (χ1n) is 18.0. The second-order valence-electron chi connectivity index (χ2n) is 12.9. The van der Waals surface area contributed by atoms with Crippen LogP contribution in [0.3, 0.4) is 0 Å². The molecule has 0 aliphatic carbocycles. The Labute approximate surface area is 327 Å². The van der Waals surface area contributed by atoms with Gasteiger partial charge in [0.15, 0.2) is 0 Å². The Hall–Kier alpha value is -7.76. The van der Waals surface area contributed by atoms with Crippen LogP contribution in [0.4, 0.5) is 0 Å². The Kier molecular flexibility index (Phi) is 9.88. The lowest BCUT2D eigenvalue weighted by Gasteiger charge is -2.16. The monoisotopic (exact) mass is 722 g/mol. The number of hydrogen-bond acceptors (Lipinski definition) is 4. The number of benzene rings is 8. The van der Waals surface area contributed by atoms with E-state index in [2.05, 4.69) is 83.8 Å². The van der Waals surface area contributed by atoms with Gasteiger partial charge < -0.3 is 18.9 Å². The van der Waals surface area contributed by atoms with E-state index in [9.17, 15) is 0 Å². The standard InChI is InChI=1S/C52H34O4/c1-53-43-21-9-35(10-22-43)5-17-39-33-40(18-6-36-11-23-44(54-2)24-12-36)48-31-32-50-42(20-8-38-15-27-46(56-4)28-16-38)34-41(49-30-29-47(39)51(48)52(49)50)19-7-37-13-25-45(55-3)26-14-37/h9-16,21-34H,1-4H3. The van der Waals surface area contributed by atoms with E-state index in [4.69, 9.17) is 18.9 Å². The molecule has 0 fully saturated rings. The molecule has 0 aliphatic heterocycles. The maximum Gasteiger partial charge on any atom is 0.118 e. The van der Waals surface area contributed by atoms with Crippen LogP contribution in [0.25, 0.3) is 32.3 Å². The minimum absolute atomic E-state index is 0.783. The van der Waals surface area contributed by atoms with Gasteiger partial charge in [0, 0.05) is 44.5 Å². The number of hydrogen-bond donors (Lipinski definition) is 0. The summed E-state index contributed by atoms with van der Waals surface area (Å²) >= 11 is 0. The zero-order chi connectivity index (χ0) is 38.4. The van der Waals surface area contributed by atoms with Crippen molar-refractivity contribution in [3.8, 4) is 70.4 Å². The van der Waals surface area contributed by atoms with Crippen molar-refractivity contribution in [2.24, 2.45) is 0 Å². The molecule has 0 aromatic heterocycles. The van der Waals surface area contributed by atoms with Crippen molar-refractivity contribution >= 4 is 32.3 Å². The number of methoxy groups -OCH3 is 4. The molecule has 0 amide bonds. The summed E-state index contributed by atoms with van der Waals surface area (Å²) < 4.78 is 21.5. The number of rotatable bonds is 4. The van der Waals surface area contributed by atoms with Gasteiger partial charge in [-0.1, -0.05) is 71.6 Å². The summed E-state index contributed by atoms with van der Waals surface area (Å²) in [5.74, 6) is 30.7. The SMILES string of the molecule is COc1ccc(C#Cc2cc(C#Cc3ccc(OC)cc3)c3ccc4c(C#Cc5ccc(OC)cc5)cc(C#Cc5ccc(OC)cc5)c5ccc2c3c54)cc1. The highest BCUT2D eigenvalue weighted by Gasteiger charge is 2.17. The predicted molar refractivity (Wildman–Crippen MR) is 226 cm³/mol. The minimum atomic E-state index is 0.783. The highest BCUT2D eigenvalue weighted by Crippen LogP contribution is 2.40. The zero-order valence-corrected chi connectivity index (χ0v) is 31.3. The van der Waals surface area contributed by atoms with Gasteiger partial charge in [-0.05, 0) is 142 Å². The fourth-order valence-corrected chi connectivity index (χ4v) is 6.66. The van der Waals surface area contributed by atoms with Crippen LogP contribution in [-0.2, 0) is 0 Å². The van der Waals surface area contributed by atoms with Crippen LogP contribution in [0.15, 0.2) is 133 Å². The second-order valence-corrected chi connectivity index (χ2v) is 12.9. The fourth-order valence-electron chi connectivity index (χ4n) is 6.66. The van der Waals surface area contributed by atoms with Crippen molar-refractivity contribution < 1.29 is 18.9 Å². The van der Waals surface area contributed by atoms with E-state index < -0.39 is 0 Å². The molecule has 0 aliphatic rings. The predicted octanol–water partition coefficient (Wildman–Crippen LogP) is 10.2. The highest BCUT2D eigenvalue weighted by molar-refractivity contribution is 6.26. The Morgan fingerprint density at radius 3 is 0.679 bits per heavy atom. The van der Waals surface area contributed by atoms with Crippen LogP contribution in [0.2, 0.25) is 0 Å². The third kappa shape index (κ3) is 7.25. The van der Waals surface area contributed by atoms with Gasteiger partial charge in [0.2, 0.25) is 0 Å². The fraction of sp³-hybridized carbons (Fsp3) is 0.0769. The third-order valence-electron chi connectivity index (χ3n) is 9.62. The van der Waals surface area contributed by atoms with Crippen LogP contribution in [0.5, 0.6) is 23.0 Å². The summed E-state index contributed by atoms with van der Waals surface area (Å²) in [6.07, 6.45) is 0. The molecule has 0 heterocycles. The molecule has 8 aromatic rings. The topological polar surface area (TPSA) is 36.9 Å². The summed E-state index contributed by atoms with van der Waals surface area (Å²) in [5.41, 5.74) is 7.04. The summed E-state index contributed by atoms with van der Waals surface area (Å²) in [6, 6.07) is 43.9. The first kappa shape index (κ1) is 35.3. The third-order valence-corrected chi connectivity index (χ3v) is 9.62. The number of ether oxygens (including phenoxy) is 4. The summed E-state index contributed by atoms with van der Waals surface area (Å²) in [6.45, 7) is 0. The van der Waals surface area contributed by atoms with Crippen molar-refractivity contribution in [2.45, 2.75) is 0 Å². The van der Waals surface area contributed by atoms with Crippen LogP contribution >= 0.6 is 0 Å². The van der Waals surface area contributed by atoms with E-state index in [1.807, 2.05) is 97.1 Å². The van der Waals surface area contributed by atoms with Gasteiger partial charge in [-0.2, -0.15) is 0 Å². The van der Waals surface area contributed by atoms with E-state index in [-0.39, 0.29) is 0 Å². The van der Waals surface area contributed by atoms with Gasteiger partial charge in [-0.25, -0.2) is 0 Å². The first-order valence-corrected chi connectivity index (χ1v) is 18.0. The summed E-state index contributed by atoms with van der Waals surface area (Å²) in [7, 11) is 6.64. The summed E-state index contributed by atoms with van der Waals surface area (Å²) in [4.78, 5) is 0. The molecule has 56 heavy (non-hydrogen) atoms. The van der Waals surface area contributed by atoms with Crippen molar-refractivity contribution in [3.63, 3.8) is 0 Å². The zero-order valence-electron chi connectivity index (χ0n) is 31.3. The van der Waals surface area contributed by atoms with Crippen LogP contribution in [-0.4, -0.2) is 28.4 Å². The van der Waals surface area contributed by atoms with Crippen LogP contribution < -0.4 is 18.9 Å². The van der Waals surface area contributed by atoms with Crippen molar-refractivity contribution in [3.05, 3.63) is 178 Å². The van der Waals surface area contributed by atoms with Gasteiger partial charge >= 0.3 is 0 Å². The largest absolute Gasteiger partial charge is 0.497 e. The van der Waals surface area contributed by atoms with E-state index >= 15 is 0 Å². The lowest BCUT2D eigenvalue weighted by atomic mass is 9.86. The normalized spacial score (nSPS) is 10.3. The molecule has 8 rings (SSSR count). The molecule has 0 radical (unpaired) electrons. The lowest BCUT2D eigenvalue weighted by Crippen LogP contribution is -1.95. The lowest BCUT2D eigenvalue weighted by molar-refractivity contribution is 0.414. The van der Waals surface area contributed by atoms with Crippen LogP contribution in [0, 0.1) is 47.4 Å². The molecule has 266 valence electrons. The maximum absolute atomic E-state index is 5.37. The molecule has 0 saturated carbocycles. The molecule has 4 nitrogen and oxygen atoms in total. The Morgan fingerprint density at radius 1 is 0.268 bits per heavy atom. The van der Waals surface area contributed by atoms with Gasteiger partial charge in [-0.3, -0.25) is 0 Å². The maximum atomic E-state index is 5.37. The Morgan fingerprint density at radius 2 is 0.482 bits per heavy atom.